The van der Waals surface area contributed by atoms with E-state index in [0.717, 1.165) is 39.3 Å². The Bertz CT molecular complexity index is 1300. The predicted molar refractivity (Wildman–Crippen MR) is 136 cm³/mol. The van der Waals surface area contributed by atoms with Crippen LogP contribution in [0.3, 0.4) is 0 Å². The second-order valence-corrected chi connectivity index (χ2v) is 8.68. The van der Waals surface area contributed by atoms with Gasteiger partial charge in [-0.3, -0.25) is 0 Å². The van der Waals surface area contributed by atoms with Gasteiger partial charge in [-0.1, -0.05) is 18.2 Å². The molecule has 0 heterocycles. The lowest BCUT2D eigenvalue weighted by Crippen LogP contribution is -2.13. The van der Waals surface area contributed by atoms with Crippen LogP contribution in [-0.4, -0.2) is 15.3 Å². The summed E-state index contributed by atoms with van der Waals surface area (Å²) in [5.74, 6) is 1.81. The molecule has 0 aromatic heterocycles. The van der Waals surface area contributed by atoms with E-state index >= 15 is 0 Å². The van der Waals surface area contributed by atoms with Crippen molar-refractivity contribution in [2.75, 3.05) is 4.90 Å². The van der Waals surface area contributed by atoms with Crippen molar-refractivity contribution in [3.8, 4) is 28.7 Å². The molecule has 4 aromatic carbocycles. The molecule has 0 spiro atoms. The van der Waals surface area contributed by atoms with Crippen LogP contribution in [0.2, 0.25) is 0 Å². The van der Waals surface area contributed by atoms with Gasteiger partial charge in [0.15, 0.2) is 0 Å². The molecule has 0 atom stereocenters. The third-order valence-electron chi connectivity index (χ3n) is 6.09. The van der Waals surface area contributed by atoms with Crippen LogP contribution in [-0.2, 0) is 0 Å². The highest BCUT2D eigenvalue weighted by molar-refractivity contribution is 5.82. The summed E-state index contributed by atoms with van der Waals surface area (Å²) in [6.45, 7) is 9.55. The van der Waals surface area contributed by atoms with Crippen LogP contribution < -0.4 is 9.64 Å². The molecule has 174 valence electrons. The van der Waals surface area contributed by atoms with E-state index in [0.29, 0.717) is 17.1 Å². The van der Waals surface area contributed by atoms with E-state index in [1.54, 1.807) is 31.2 Å². The Morgan fingerprint density at radius 3 is 1.65 bits per heavy atom. The van der Waals surface area contributed by atoms with E-state index in [4.69, 9.17) is 4.74 Å². The first-order valence-corrected chi connectivity index (χ1v) is 11.1. The van der Waals surface area contributed by atoms with Crippen LogP contribution in [0.5, 0.6) is 28.7 Å². The molecule has 0 saturated carbocycles. The smallest absolute Gasteiger partial charge is 0.134 e. The molecule has 0 bridgehead atoms. The Labute approximate surface area is 200 Å². The Balaban J connectivity index is 1.81. The molecule has 3 N–H and O–H groups in total. The van der Waals surface area contributed by atoms with Crippen LogP contribution in [0, 0.1) is 34.6 Å². The highest BCUT2D eigenvalue weighted by Gasteiger charge is 2.19. The molecule has 4 aromatic rings. The minimum atomic E-state index is 0.185. The zero-order chi connectivity index (χ0) is 24.6. The number of benzene rings is 4. The number of nitrogens with zero attached hydrogens (tertiary/aromatic N) is 1. The molecule has 34 heavy (non-hydrogen) atoms. The molecular formula is C29H29NO4. The summed E-state index contributed by atoms with van der Waals surface area (Å²) < 4.78 is 5.99. The fraction of sp³-hybridized carbons (Fsp3) is 0.172. The largest absolute Gasteiger partial charge is 0.508 e. The SMILES string of the molecule is Cc1cc(C)c(N(c2ccc(Oc3cccc(O)c3C)cc2)c2cc(O)c(C)cc2C)cc1O. The molecule has 5 nitrogen and oxygen atoms in total. The van der Waals surface area contributed by atoms with Gasteiger partial charge in [-0.25, -0.2) is 0 Å². The second-order valence-electron chi connectivity index (χ2n) is 8.68. The molecule has 0 aliphatic rings. The number of hydrogen-bond donors (Lipinski definition) is 3. The predicted octanol–water partition coefficient (Wildman–Crippen LogP) is 7.61. The molecule has 4 rings (SSSR count). The molecule has 0 aliphatic carbocycles. The number of ether oxygens (including phenoxy) is 1. The van der Waals surface area contributed by atoms with Crippen molar-refractivity contribution in [3.05, 3.63) is 94.5 Å². The number of aromatic hydroxyl groups is 3. The second kappa shape index (κ2) is 9.02. The third-order valence-corrected chi connectivity index (χ3v) is 6.09. The Kier molecular flexibility index (Phi) is 6.12. The van der Waals surface area contributed by atoms with E-state index in [9.17, 15) is 15.3 Å². The van der Waals surface area contributed by atoms with Crippen LogP contribution in [0.4, 0.5) is 17.1 Å². The fourth-order valence-electron chi connectivity index (χ4n) is 4.05. The average molecular weight is 456 g/mol. The van der Waals surface area contributed by atoms with E-state index in [1.165, 1.54) is 0 Å². The van der Waals surface area contributed by atoms with Gasteiger partial charge in [0.1, 0.15) is 28.7 Å². The van der Waals surface area contributed by atoms with E-state index in [-0.39, 0.29) is 17.2 Å². The van der Waals surface area contributed by atoms with E-state index < -0.39 is 0 Å². The molecule has 0 aliphatic heterocycles. The molecule has 5 heteroatoms. The monoisotopic (exact) mass is 455 g/mol. The summed E-state index contributed by atoms with van der Waals surface area (Å²) in [4.78, 5) is 2.02. The number of rotatable bonds is 5. The summed E-state index contributed by atoms with van der Waals surface area (Å²) in [7, 11) is 0. The maximum absolute atomic E-state index is 10.5. The van der Waals surface area contributed by atoms with Crippen molar-refractivity contribution in [3.63, 3.8) is 0 Å². The van der Waals surface area contributed by atoms with Gasteiger partial charge in [0.05, 0.1) is 11.4 Å². The van der Waals surface area contributed by atoms with Gasteiger partial charge in [-0.15, -0.1) is 0 Å². The molecule has 0 saturated heterocycles. The van der Waals surface area contributed by atoms with Crippen LogP contribution in [0.15, 0.2) is 66.7 Å². The lowest BCUT2D eigenvalue weighted by atomic mass is 10.0. The van der Waals surface area contributed by atoms with Crippen LogP contribution in [0.1, 0.15) is 27.8 Å². The summed E-state index contributed by atoms with van der Waals surface area (Å²) in [6.07, 6.45) is 0. The number of aryl methyl sites for hydroxylation is 4. The summed E-state index contributed by atoms with van der Waals surface area (Å²) in [5.41, 5.74) is 6.72. The summed E-state index contributed by atoms with van der Waals surface area (Å²) >= 11 is 0. The minimum Gasteiger partial charge on any atom is -0.508 e. The van der Waals surface area contributed by atoms with Gasteiger partial charge >= 0.3 is 0 Å². The lowest BCUT2D eigenvalue weighted by molar-refractivity contribution is 0.448. The van der Waals surface area contributed by atoms with Gasteiger partial charge in [-0.05, 0) is 93.3 Å². The van der Waals surface area contributed by atoms with Gasteiger partial charge in [0.25, 0.3) is 0 Å². The Morgan fingerprint density at radius 2 is 1.12 bits per heavy atom. The van der Waals surface area contributed by atoms with Crippen LogP contribution in [0.25, 0.3) is 0 Å². The number of hydrogen-bond acceptors (Lipinski definition) is 5. The first kappa shape index (κ1) is 23.1. The van der Waals surface area contributed by atoms with Gasteiger partial charge in [0, 0.05) is 23.4 Å². The quantitative estimate of drug-likeness (QED) is 0.289. The first-order valence-electron chi connectivity index (χ1n) is 11.1. The highest BCUT2D eigenvalue weighted by atomic mass is 16.5. The number of phenols is 3. The number of phenolic OH excluding ortho intramolecular Hbond substituents is 3. The normalized spacial score (nSPS) is 10.9. The Morgan fingerprint density at radius 1 is 0.588 bits per heavy atom. The molecule has 0 radical (unpaired) electrons. The molecular weight excluding hydrogens is 426 g/mol. The Hall–Kier alpha value is -4.12. The van der Waals surface area contributed by atoms with E-state index in [2.05, 4.69) is 0 Å². The van der Waals surface area contributed by atoms with Crippen molar-refractivity contribution in [2.24, 2.45) is 0 Å². The fourth-order valence-corrected chi connectivity index (χ4v) is 4.05. The van der Waals surface area contributed by atoms with Gasteiger partial charge in [-0.2, -0.15) is 0 Å². The zero-order valence-electron chi connectivity index (χ0n) is 20.0. The van der Waals surface area contributed by atoms with Crippen molar-refractivity contribution in [1.29, 1.82) is 0 Å². The third kappa shape index (κ3) is 4.37. The van der Waals surface area contributed by atoms with Crippen molar-refractivity contribution < 1.29 is 20.1 Å². The highest BCUT2D eigenvalue weighted by Crippen LogP contribution is 2.43. The molecule has 0 amide bonds. The number of anilines is 3. The maximum atomic E-state index is 10.5. The van der Waals surface area contributed by atoms with Crippen LogP contribution >= 0.6 is 0 Å². The lowest BCUT2D eigenvalue weighted by Gasteiger charge is -2.29. The summed E-state index contributed by atoms with van der Waals surface area (Å²) in [5, 5.41) is 30.9. The molecule has 0 unspecified atom stereocenters. The maximum Gasteiger partial charge on any atom is 0.134 e. The first-order chi connectivity index (χ1) is 16.2. The van der Waals surface area contributed by atoms with Gasteiger partial charge in [0.2, 0.25) is 0 Å². The molecule has 0 fully saturated rings. The summed E-state index contributed by atoms with van der Waals surface area (Å²) in [6, 6.07) is 20.2. The zero-order valence-corrected chi connectivity index (χ0v) is 20.0. The minimum absolute atomic E-state index is 0.185. The van der Waals surface area contributed by atoms with Crippen molar-refractivity contribution in [2.45, 2.75) is 34.6 Å². The van der Waals surface area contributed by atoms with Gasteiger partial charge < -0.3 is 25.0 Å². The van der Waals surface area contributed by atoms with E-state index in [1.807, 2.05) is 75.1 Å². The topological polar surface area (TPSA) is 73.2 Å². The standard InChI is InChI=1S/C29H29NO4/c1-17-13-19(3)27(32)15-24(17)30(25-16-28(33)20(4)14-18(25)2)22-9-11-23(12-10-22)34-29-8-6-7-26(31)21(29)5/h6-16,31-33H,1-5H3. The van der Waals surface area contributed by atoms with Crippen molar-refractivity contribution >= 4 is 17.1 Å². The van der Waals surface area contributed by atoms with Crippen molar-refractivity contribution in [1.82, 2.24) is 0 Å². The average Bonchev–Trinajstić information content (AvgIpc) is 2.79.